The predicted molar refractivity (Wildman–Crippen MR) is 111 cm³/mol. The third-order valence-corrected chi connectivity index (χ3v) is 4.83. The van der Waals surface area contributed by atoms with E-state index < -0.39 is 0 Å². The zero-order valence-electron chi connectivity index (χ0n) is 17.3. The second kappa shape index (κ2) is 13.5. The maximum Gasteiger partial charge on any atom is 0.191 e. The molecular formula is C21H35FN4O2. The van der Waals surface area contributed by atoms with Crippen LogP contribution in [-0.4, -0.2) is 71.0 Å². The highest BCUT2D eigenvalue weighted by Crippen LogP contribution is 2.14. The molecule has 0 aromatic heterocycles. The molecule has 7 heteroatoms. The van der Waals surface area contributed by atoms with Crippen molar-refractivity contribution in [3.8, 4) is 0 Å². The molecule has 1 fully saturated rings. The molecule has 2 rings (SSSR count). The number of hydrogen-bond donors (Lipinski definition) is 2. The highest BCUT2D eigenvalue weighted by Gasteiger charge is 2.13. The van der Waals surface area contributed by atoms with Crippen LogP contribution in [-0.2, 0) is 16.0 Å². The molecule has 0 unspecified atom stereocenters. The summed E-state index contributed by atoms with van der Waals surface area (Å²) in [5.41, 5.74) is 1.10. The zero-order valence-corrected chi connectivity index (χ0v) is 17.3. The Morgan fingerprint density at radius 2 is 1.93 bits per heavy atom. The number of ether oxygens (including phenoxy) is 2. The van der Waals surface area contributed by atoms with Crippen molar-refractivity contribution >= 4 is 5.96 Å². The SMILES string of the molecule is CN=C(NCCCOCC1CCOCC1)NCCN(C)Cc1ccc(F)cc1. The summed E-state index contributed by atoms with van der Waals surface area (Å²) < 4.78 is 24.1. The Bertz CT molecular complexity index is 562. The fraction of sp³-hybridized carbons (Fsp3) is 0.667. The number of likely N-dealkylation sites (N-methyl/N-ethyl adjacent to an activating group) is 1. The molecule has 1 heterocycles. The fourth-order valence-corrected chi connectivity index (χ4v) is 3.11. The van der Waals surface area contributed by atoms with Crippen molar-refractivity contribution in [1.29, 1.82) is 0 Å². The maximum atomic E-state index is 13.0. The van der Waals surface area contributed by atoms with Crippen molar-refractivity contribution in [2.24, 2.45) is 10.9 Å². The Morgan fingerprint density at radius 1 is 1.21 bits per heavy atom. The quantitative estimate of drug-likeness (QED) is 0.343. The minimum atomic E-state index is -0.197. The van der Waals surface area contributed by atoms with Gasteiger partial charge in [-0.25, -0.2) is 4.39 Å². The van der Waals surface area contributed by atoms with Crippen LogP contribution in [0.4, 0.5) is 4.39 Å². The number of nitrogens with one attached hydrogen (secondary N) is 2. The van der Waals surface area contributed by atoms with Crippen molar-refractivity contribution < 1.29 is 13.9 Å². The van der Waals surface area contributed by atoms with Gasteiger partial charge in [-0.3, -0.25) is 4.99 Å². The monoisotopic (exact) mass is 394 g/mol. The Hall–Kier alpha value is -1.70. The van der Waals surface area contributed by atoms with Crippen LogP contribution in [0.1, 0.15) is 24.8 Å². The summed E-state index contributed by atoms with van der Waals surface area (Å²) in [6.45, 7) is 6.63. The van der Waals surface area contributed by atoms with E-state index in [4.69, 9.17) is 9.47 Å². The molecule has 0 atom stereocenters. The molecule has 0 bridgehead atoms. The van der Waals surface area contributed by atoms with E-state index in [1.165, 1.54) is 12.1 Å². The van der Waals surface area contributed by atoms with Crippen molar-refractivity contribution in [3.05, 3.63) is 35.6 Å². The van der Waals surface area contributed by atoms with E-state index in [0.29, 0.717) is 5.92 Å². The Kier molecular flexibility index (Phi) is 10.9. The molecule has 6 nitrogen and oxygen atoms in total. The van der Waals surface area contributed by atoms with Crippen LogP contribution in [0.3, 0.4) is 0 Å². The molecule has 1 aliphatic rings. The number of guanidine groups is 1. The van der Waals surface area contributed by atoms with Gasteiger partial charge >= 0.3 is 0 Å². The molecule has 158 valence electrons. The average Bonchev–Trinajstić information content (AvgIpc) is 2.71. The van der Waals surface area contributed by atoms with Gasteiger partial charge in [0.15, 0.2) is 5.96 Å². The average molecular weight is 395 g/mol. The van der Waals surface area contributed by atoms with Gasteiger partial charge in [-0.1, -0.05) is 12.1 Å². The van der Waals surface area contributed by atoms with Gasteiger partial charge < -0.3 is 25.0 Å². The molecule has 1 aromatic carbocycles. The van der Waals surface area contributed by atoms with Gasteiger partial charge in [-0.15, -0.1) is 0 Å². The molecule has 0 spiro atoms. The lowest BCUT2D eigenvalue weighted by Crippen LogP contribution is -2.41. The van der Waals surface area contributed by atoms with Gasteiger partial charge in [-0.2, -0.15) is 0 Å². The van der Waals surface area contributed by atoms with Crippen LogP contribution in [0.15, 0.2) is 29.3 Å². The number of hydrogen-bond acceptors (Lipinski definition) is 4. The molecule has 28 heavy (non-hydrogen) atoms. The van der Waals surface area contributed by atoms with Gasteiger partial charge in [0.1, 0.15) is 5.82 Å². The number of aliphatic imine (C=N–C) groups is 1. The second-order valence-corrected chi connectivity index (χ2v) is 7.27. The maximum absolute atomic E-state index is 13.0. The summed E-state index contributed by atoms with van der Waals surface area (Å²) in [5, 5.41) is 6.64. The van der Waals surface area contributed by atoms with Gasteiger partial charge in [-0.05, 0) is 49.9 Å². The topological polar surface area (TPSA) is 58.1 Å². The fourth-order valence-electron chi connectivity index (χ4n) is 3.11. The number of benzene rings is 1. The summed E-state index contributed by atoms with van der Waals surface area (Å²) in [6.07, 6.45) is 3.18. The highest BCUT2D eigenvalue weighted by molar-refractivity contribution is 5.79. The minimum Gasteiger partial charge on any atom is -0.381 e. The third kappa shape index (κ3) is 9.48. The van der Waals surface area contributed by atoms with Gasteiger partial charge in [0.25, 0.3) is 0 Å². The minimum absolute atomic E-state index is 0.197. The summed E-state index contributed by atoms with van der Waals surface area (Å²) in [6, 6.07) is 6.65. The van der Waals surface area contributed by atoms with Crippen LogP contribution in [0.25, 0.3) is 0 Å². The van der Waals surface area contributed by atoms with Crippen LogP contribution >= 0.6 is 0 Å². The molecule has 0 saturated carbocycles. The summed E-state index contributed by atoms with van der Waals surface area (Å²) in [4.78, 5) is 6.44. The standard InChI is InChI=1S/C21H35FN4O2/c1-23-21(24-10-3-13-28-17-19-8-14-27-15-9-19)25-11-12-26(2)16-18-4-6-20(22)7-5-18/h4-7,19H,3,8-17H2,1-2H3,(H2,23,24,25). The van der Waals surface area contributed by atoms with E-state index >= 15 is 0 Å². The van der Waals surface area contributed by atoms with Crippen LogP contribution in [0.2, 0.25) is 0 Å². The van der Waals surface area contributed by atoms with Crippen molar-refractivity contribution in [1.82, 2.24) is 15.5 Å². The normalized spacial score (nSPS) is 15.8. The molecule has 1 aliphatic heterocycles. The van der Waals surface area contributed by atoms with E-state index in [-0.39, 0.29) is 5.82 Å². The predicted octanol–water partition coefficient (Wildman–Crippen LogP) is 2.26. The molecule has 0 amide bonds. The first-order valence-electron chi connectivity index (χ1n) is 10.2. The van der Waals surface area contributed by atoms with Gasteiger partial charge in [0, 0.05) is 59.7 Å². The second-order valence-electron chi connectivity index (χ2n) is 7.27. The number of halogens is 1. The lowest BCUT2D eigenvalue weighted by atomic mass is 10.0. The summed E-state index contributed by atoms with van der Waals surface area (Å²) >= 11 is 0. The lowest BCUT2D eigenvalue weighted by Gasteiger charge is -2.21. The molecule has 0 aliphatic carbocycles. The van der Waals surface area contributed by atoms with Crippen LogP contribution < -0.4 is 10.6 Å². The van der Waals surface area contributed by atoms with Crippen molar-refractivity contribution in [2.75, 3.05) is 60.2 Å². The van der Waals surface area contributed by atoms with E-state index in [1.807, 2.05) is 12.1 Å². The first kappa shape index (κ1) is 22.6. The smallest absolute Gasteiger partial charge is 0.191 e. The Balaban J connectivity index is 1.49. The molecule has 0 radical (unpaired) electrons. The zero-order chi connectivity index (χ0) is 20.0. The van der Waals surface area contributed by atoms with Crippen molar-refractivity contribution in [3.63, 3.8) is 0 Å². The van der Waals surface area contributed by atoms with E-state index in [2.05, 4.69) is 27.6 Å². The number of rotatable bonds is 11. The molecule has 2 N–H and O–H groups in total. The largest absolute Gasteiger partial charge is 0.381 e. The van der Waals surface area contributed by atoms with E-state index in [0.717, 1.165) is 83.4 Å². The number of nitrogens with zero attached hydrogens (tertiary/aromatic N) is 2. The first-order valence-corrected chi connectivity index (χ1v) is 10.2. The third-order valence-electron chi connectivity index (χ3n) is 4.83. The van der Waals surface area contributed by atoms with Gasteiger partial charge in [0.2, 0.25) is 0 Å². The summed E-state index contributed by atoms with van der Waals surface area (Å²) in [5.74, 6) is 1.26. The van der Waals surface area contributed by atoms with Crippen molar-refractivity contribution in [2.45, 2.75) is 25.8 Å². The van der Waals surface area contributed by atoms with E-state index in [1.54, 1.807) is 7.05 Å². The van der Waals surface area contributed by atoms with E-state index in [9.17, 15) is 4.39 Å². The molecule has 1 saturated heterocycles. The Morgan fingerprint density at radius 3 is 2.64 bits per heavy atom. The Labute approximate surface area is 168 Å². The molecular weight excluding hydrogens is 359 g/mol. The highest BCUT2D eigenvalue weighted by atomic mass is 19.1. The van der Waals surface area contributed by atoms with Gasteiger partial charge in [0.05, 0.1) is 0 Å². The first-order chi connectivity index (χ1) is 13.7. The van der Waals surface area contributed by atoms with Crippen LogP contribution in [0.5, 0.6) is 0 Å². The molecule has 1 aromatic rings. The van der Waals surface area contributed by atoms with Crippen LogP contribution in [0, 0.1) is 11.7 Å². The summed E-state index contributed by atoms with van der Waals surface area (Å²) in [7, 11) is 3.83. The lowest BCUT2D eigenvalue weighted by molar-refractivity contribution is 0.0203.